The second-order valence-corrected chi connectivity index (χ2v) is 6.31. The highest BCUT2D eigenvalue weighted by Gasteiger charge is 2.41. The SMILES string of the molecule is CCC1CNC(C2CC2)CN1C(C)(C)COC. The van der Waals surface area contributed by atoms with Crippen LogP contribution in [0.1, 0.15) is 40.0 Å². The maximum atomic E-state index is 5.40. The lowest BCUT2D eigenvalue weighted by Crippen LogP contribution is -2.64. The zero-order chi connectivity index (χ0) is 12.5. The van der Waals surface area contributed by atoms with Gasteiger partial charge in [0.1, 0.15) is 0 Å². The molecule has 2 atom stereocenters. The molecule has 0 aromatic rings. The standard InChI is InChI=1S/C14H28N2O/c1-5-12-8-15-13(11-6-7-11)9-16(12)14(2,3)10-17-4/h11-13,15H,5-10H2,1-4H3. The molecule has 1 aliphatic heterocycles. The minimum absolute atomic E-state index is 0.157. The van der Waals surface area contributed by atoms with Gasteiger partial charge in [0.2, 0.25) is 0 Å². The maximum Gasteiger partial charge on any atom is 0.0641 e. The van der Waals surface area contributed by atoms with Gasteiger partial charge in [-0.2, -0.15) is 0 Å². The molecule has 2 rings (SSSR count). The molecule has 0 aromatic heterocycles. The zero-order valence-electron chi connectivity index (χ0n) is 11.8. The van der Waals surface area contributed by atoms with Gasteiger partial charge >= 0.3 is 0 Å². The van der Waals surface area contributed by atoms with Crippen molar-refractivity contribution in [3.8, 4) is 0 Å². The Labute approximate surface area is 106 Å². The lowest BCUT2D eigenvalue weighted by Gasteiger charge is -2.48. The molecule has 1 saturated heterocycles. The first-order valence-corrected chi connectivity index (χ1v) is 7.07. The molecule has 1 aliphatic carbocycles. The van der Waals surface area contributed by atoms with Gasteiger partial charge in [0, 0.05) is 37.8 Å². The average molecular weight is 240 g/mol. The Kier molecular flexibility index (Phi) is 4.11. The van der Waals surface area contributed by atoms with E-state index in [2.05, 4.69) is 31.0 Å². The zero-order valence-corrected chi connectivity index (χ0v) is 11.8. The van der Waals surface area contributed by atoms with Crippen LogP contribution < -0.4 is 5.32 Å². The predicted octanol–water partition coefficient (Wildman–Crippen LogP) is 1.87. The van der Waals surface area contributed by atoms with Crippen LogP contribution in [0.15, 0.2) is 0 Å². The van der Waals surface area contributed by atoms with E-state index in [0.717, 1.165) is 19.1 Å². The van der Waals surface area contributed by atoms with Crippen LogP contribution in [0, 0.1) is 5.92 Å². The highest BCUT2D eigenvalue weighted by Crippen LogP contribution is 2.36. The van der Waals surface area contributed by atoms with Gasteiger partial charge in [-0.3, -0.25) is 4.90 Å². The first-order chi connectivity index (χ1) is 8.08. The van der Waals surface area contributed by atoms with Gasteiger partial charge in [-0.25, -0.2) is 0 Å². The fourth-order valence-electron chi connectivity index (χ4n) is 3.18. The quantitative estimate of drug-likeness (QED) is 0.794. The third-order valence-electron chi connectivity index (χ3n) is 4.39. The van der Waals surface area contributed by atoms with Crippen LogP contribution in [0.25, 0.3) is 0 Å². The minimum Gasteiger partial charge on any atom is -0.383 e. The van der Waals surface area contributed by atoms with Crippen molar-refractivity contribution < 1.29 is 4.74 Å². The van der Waals surface area contributed by atoms with E-state index >= 15 is 0 Å². The normalized spacial score (nSPS) is 31.8. The highest BCUT2D eigenvalue weighted by atomic mass is 16.5. The molecule has 0 spiro atoms. The summed E-state index contributed by atoms with van der Waals surface area (Å²) in [4.78, 5) is 2.68. The van der Waals surface area contributed by atoms with Gasteiger partial charge < -0.3 is 10.1 Å². The monoisotopic (exact) mass is 240 g/mol. The number of nitrogens with one attached hydrogen (secondary N) is 1. The van der Waals surface area contributed by atoms with Gasteiger partial charge in [-0.05, 0) is 39.0 Å². The largest absolute Gasteiger partial charge is 0.383 e. The van der Waals surface area contributed by atoms with E-state index in [9.17, 15) is 0 Å². The summed E-state index contributed by atoms with van der Waals surface area (Å²) in [5.74, 6) is 0.939. The smallest absolute Gasteiger partial charge is 0.0641 e. The number of nitrogens with zero attached hydrogens (tertiary/aromatic N) is 1. The average Bonchev–Trinajstić information content (AvgIpc) is 3.12. The summed E-state index contributed by atoms with van der Waals surface area (Å²) >= 11 is 0. The molecule has 0 radical (unpaired) electrons. The number of ether oxygens (including phenoxy) is 1. The summed E-state index contributed by atoms with van der Waals surface area (Å²) in [7, 11) is 1.81. The number of piperazine rings is 1. The van der Waals surface area contributed by atoms with E-state index in [-0.39, 0.29) is 5.54 Å². The van der Waals surface area contributed by atoms with Gasteiger partial charge in [0.05, 0.1) is 6.61 Å². The first kappa shape index (κ1) is 13.3. The van der Waals surface area contributed by atoms with Gasteiger partial charge in [0.15, 0.2) is 0 Å². The van der Waals surface area contributed by atoms with E-state index in [0.29, 0.717) is 12.1 Å². The van der Waals surface area contributed by atoms with E-state index in [1.54, 1.807) is 0 Å². The van der Waals surface area contributed by atoms with Crippen molar-refractivity contribution in [3.63, 3.8) is 0 Å². The molecule has 2 unspecified atom stereocenters. The van der Waals surface area contributed by atoms with Crippen molar-refractivity contribution in [2.24, 2.45) is 5.92 Å². The lowest BCUT2D eigenvalue weighted by molar-refractivity contribution is -0.0202. The van der Waals surface area contributed by atoms with Crippen LogP contribution in [-0.2, 0) is 4.74 Å². The number of hydrogen-bond acceptors (Lipinski definition) is 3. The fraction of sp³-hybridized carbons (Fsp3) is 1.00. The van der Waals surface area contributed by atoms with Gasteiger partial charge in [0.25, 0.3) is 0 Å². The Balaban J connectivity index is 2.02. The summed E-state index contributed by atoms with van der Waals surface area (Å²) in [5, 5.41) is 3.74. The van der Waals surface area contributed by atoms with Crippen LogP contribution >= 0.6 is 0 Å². The minimum atomic E-state index is 0.157. The molecule has 100 valence electrons. The molecule has 0 amide bonds. The molecule has 1 saturated carbocycles. The molecule has 17 heavy (non-hydrogen) atoms. The third-order valence-corrected chi connectivity index (χ3v) is 4.39. The molecular formula is C14H28N2O. The van der Waals surface area contributed by atoms with Crippen molar-refractivity contribution in [2.75, 3.05) is 26.8 Å². The Bertz CT molecular complexity index is 251. The molecule has 2 aliphatic rings. The van der Waals surface area contributed by atoms with Crippen LogP contribution in [-0.4, -0.2) is 49.3 Å². The molecule has 0 aromatic carbocycles. The van der Waals surface area contributed by atoms with Gasteiger partial charge in [-0.15, -0.1) is 0 Å². The summed E-state index contributed by atoms with van der Waals surface area (Å²) in [5.41, 5.74) is 0.157. The molecule has 0 bridgehead atoms. The van der Waals surface area contributed by atoms with Crippen LogP contribution in [0.3, 0.4) is 0 Å². The number of rotatable bonds is 5. The number of methoxy groups -OCH3 is 1. The molecule has 3 heteroatoms. The first-order valence-electron chi connectivity index (χ1n) is 7.07. The van der Waals surface area contributed by atoms with Crippen LogP contribution in [0.5, 0.6) is 0 Å². The molecule has 1 N–H and O–H groups in total. The molecule has 3 nitrogen and oxygen atoms in total. The fourth-order valence-corrected chi connectivity index (χ4v) is 3.18. The van der Waals surface area contributed by atoms with Crippen molar-refractivity contribution in [1.29, 1.82) is 0 Å². The molecule has 1 heterocycles. The van der Waals surface area contributed by atoms with Crippen molar-refractivity contribution in [3.05, 3.63) is 0 Å². The third kappa shape index (κ3) is 3.01. The Hall–Kier alpha value is -0.120. The van der Waals surface area contributed by atoms with Crippen molar-refractivity contribution in [2.45, 2.75) is 57.7 Å². The lowest BCUT2D eigenvalue weighted by atomic mass is 9.94. The summed E-state index contributed by atoms with van der Waals surface area (Å²) in [6.45, 7) is 10.1. The van der Waals surface area contributed by atoms with E-state index < -0.39 is 0 Å². The Morgan fingerprint density at radius 3 is 2.59 bits per heavy atom. The molecular weight excluding hydrogens is 212 g/mol. The predicted molar refractivity (Wildman–Crippen MR) is 71.3 cm³/mol. The second kappa shape index (κ2) is 5.25. The topological polar surface area (TPSA) is 24.5 Å². The Morgan fingerprint density at radius 2 is 2.06 bits per heavy atom. The highest BCUT2D eigenvalue weighted by molar-refractivity contribution is 4.98. The number of hydrogen-bond donors (Lipinski definition) is 1. The van der Waals surface area contributed by atoms with Crippen molar-refractivity contribution in [1.82, 2.24) is 10.2 Å². The Morgan fingerprint density at radius 1 is 1.35 bits per heavy atom. The van der Waals surface area contributed by atoms with Crippen LogP contribution in [0.2, 0.25) is 0 Å². The van der Waals surface area contributed by atoms with E-state index in [1.165, 1.54) is 25.8 Å². The van der Waals surface area contributed by atoms with Crippen molar-refractivity contribution >= 4 is 0 Å². The summed E-state index contributed by atoms with van der Waals surface area (Å²) < 4.78 is 5.40. The van der Waals surface area contributed by atoms with E-state index in [1.807, 2.05) is 7.11 Å². The molecule has 2 fully saturated rings. The second-order valence-electron chi connectivity index (χ2n) is 6.31. The maximum absolute atomic E-state index is 5.40. The summed E-state index contributed by atoms with van der Waals surface area (Å²) in [6.07, 6.45) is 4.07. The summed E-state index contributed by atoms with van der Waals surface area (Å²) in [6, 6.07) is 1.38. The van der Waals surface area contributed by atoms with Crippen LogP contribution in [0.4, 0.5) is 0 Å². The van der Waals surface area contributed by atoms with Gasteiger partial charge in [-0.1, -0.05) is 6.92 Å². The van der Waals surface area contributed by atoms with E-state index in [4.69, 9.17) is 4.74 Å².